The van der Waals surface area contributed by atoms with Gasteiger partial charge in [-0.1, -0.05) is 0 Å². The SMILES string of the molecule is CNCc1cc(Br)cnc1N1CCS(=O)(=O)CC1. The molecule has 100 valence electrons. The molecule has 0 aliphatic carbocycles. The highest BCUT2D eigenvalue weighted by Gasteiger charge is 2.23. The second-order valence-electron chi connectivity index (χ2n) is 4.31. The van der Waals surface area contributed by atoms with Crippen LogP contribution in [0.3, 0.4) is 0 Å². The molecule has 1 aromatic rings. The molecule has 0 saturated carbocycles. The topological polar surface area (TPSA) is 62.3 Å². The first-order chi connectivity index (χ1) is 8.52. The maximum atomic E-state index is 11.4. The van der Waals surface area contributed by atoms with E-state index in [2.05, 4.69) is 26.2 Å². The van der Waals surface area contributed by atoms with Crippen molar-refractivity contribution in [2.45, 2.75) is 6.54 Å². The Balaban J connectivity index is 2.23. The van der Waals surface area contributed by atoms with E-state index in [0.29, 0.717) is 19.6 Å². The van der Waals surface area contributed by atoms with Gasteiger partial charge < -0.3 is 10.2 Å². The fourth-order valence-electron chi connectivity index (χ4n) is 2.00. The smallest absolute Gasteiger partial charge is 0.153 e. The second-order valence-corrected chi connectivity index (χ2v) is 7.52. The van der Waals surface area contributed by atoms with Crippen LogP contribution in [-0.2, 0) is 16.4 Å². The average Bonchev–Trinajstić information content (AvgIpc) is 2.31. The predicted molar refractivity (Wildman–Crippen MR) is 75.6 cm³/mol. The van der Waals surface area contributed by atoms with Crippen molar-refractivity contribution in [3.8, 4) is 0 Å². The van der Waals surface area contributed by atoms with E-state index in [-0.39, 0.29) is 11.5 Å². The lowest BCUT2D eigenvalue weighted by Crippen LogP contribution is -2.41. The Morgan fingerprint density at radius 1 is 1.44 bits per heavy atom. The minimum Gasteiger partial charge on any atom is -0.354 e. The summed E-state index contributed by atoms with van der Waals surface area (Å²) < 4.78 is 23.8. The second kappa shape index (κ2) is 5.54. The number of halogens is 1. The highest BCUT2D eigenvalue weighted by molar-refractivity contribution is 9.10. The molecule has 0 amide bonds. The standard InChI is InChI=1S/C11H16BrN3O2S/c1-13-7-9-6-10(12)8-14-11(9)15-2-4-18(16,17)5-3-15/h6,8,13H,2-5,7H2,1H3. The van der Waals surface area contributed by atoms with Gasteiger partial charge in [0.2, 0.25) is 0 Å². The summed E-state index contributed by atoms with van der Waals surface area (Å²) in [5.41, 5.74) is 1.08. The van der Waals surface area contributed by atoms with Crippen molar-refractivity contribution in [1.29, 1.82) is 0 Å². The molecular formula is C11H16BrN3O2S. The van der Waals surface area contributed by atoms with E-state index in [0.717, 1.165) is 15.9 Å². The van der Waals surface area contributed by atoms with Crippen LogP contribution >= 0.6 is 15.9 Å². The van der Waals surface area contributed by atoms with Gasteiger partial charge in [-0.15, -0.1) is 0 Å². The molecule has 1 saturated heterocycles. The number of sulfone groups is 1. The van der Waals surface area contributed by atoms with Crippen molar-refractivity contribution < 1.29 is 8.42 Å². The summed E-state index contributed by atoms with van der Waals surface area (Å²) in [6.07, 6.45) is 1.75. The third kappa shape index (κ3) is 3.21. The van der Waals surface area contributed by atoms with Crippen LogP contribution in [0.15, 0.2) is 16.7 Å². The van der Waals surface area contributed by atoms with Crippen molar-refractivity contribution in [3.05, 3.63) is 22.3 Å². The zero-order chi connectivity index (χ0) is 13.2. The van der Waals surface area contributed by atoms with Gasteiger partial charge in [-0.25, -0.2) is 13.4 Å². The Morgan fingerprint density at radius 3 is 2.72 bits per heavy atom. The van der Waals surface area contributed by atoms with Gasteiger partial charge in [0.15, 0.2) is 9.84 Å². The molecule has 18 heavy (non-hydrogen) atoms. The van der Waals surface area contributed by atoms with Gasteiger partial charge in [0, 0.05) is 35.9 Å². The largest absolute Gasteiger partial charge is 0.354 e. The van der Waals surface area contributed by atoms with E-state index < -0.39 is 9.84 Å². The number of aromatic nitrogens is 1. The Morgan fingerprint density at radius 2 is 2.11 bits per heavy atom. The number of nitrogens with zero attached hydrogens (tertiary/aromatic N) is 2. The molecule has 0 bridgehead atoms. The zero-order valence-electron chi connectivity index (χ0n) is 10.2. The summed E-state index contributed by atoms with van der Waals surface area (Å²) in [6, 6.07) is 2.02. The molecule has 2 heterocycles. The fraction of sp³-hybridized carbons (Fsp3) is 0.545. The van der Waals surface area contributed by atoms with E-state index in [1.54, 1.807) is 6.20 Å². The lowest BCUT2D eigenvalue weighted by atomic mass is 10.2. The van der Waals surface area contributed by atoms with Crippen LogP contribution < -0.4 is 10.2 Å². The van der Waals surface area contributed by atoms with E-state index >= 15 is 0 Å². The molecule has 0 atom stereocenters. The van der Waals surface area contributed by atoms with Crippen LogP contribution in [-0.4, -0.2) is 45.0 Å². The summed E-state index contributed by atoms with van der Waals surface area (Å²) in [4.78, 5) is 6.45. The maximum Gasteiger partial charge on any atom is 0.153 e. The molecule has 1 fully saturated rings. The van der Waals surface area contributed by atoms with Crippen LogP contribution in [0.25, 0.3) is 0 Å². The Hall–Kier alpha value is -0.660. The molecule has 0 radical (unpaired) electrons. The van der Waals surface area contributed by atoms with E-state index in [1.807, 2.05) is 18.0 Å². The van der Waals surface area contributed by atoms with Crippen LogP contribution in [0.5, 0.6) is 0 Å². The normalized spacial score (nSPS) is 18.9. The van der Waals surface area contributed by atoms with Gasteiger partial charge >= 0.3 is 0 Å². The third-order valence-electron chi connectivity index (χ3n) is 2.92. The third-order valence-corrected chi connectivity index (χ3v) is 4.96. The number of hydrogen-bond acceptors (Lipinski definition) is 5. The van der Waals surface area contributed by atoms with Gasteiger partial charge in [0.25, 0.3) is 0 Å². The number of hydrogen-bond donors (Lipinski definition) is 1. The van der Waals surface area contributed by atoms with Crippen molar-refractivity contribution in [2.75, 3.05) is 36.5 Å². The molecule has 1 aliphatic heterocycles. The van der Waals surface area contributed by atoms with E-state index in [1.165, 1.54) is 0 Å². The van der Waals surface area contributed by atoms with Gasteiger partial charge in [-0.2, -0.15) is 0 Å². The highest BCUT2D eigenvalue weighted by Crippen LogP contribution is 2.23. The number of rotatable bonds is 3. The van der Waals surface area contributed by atoms with Crippen molar-refractivity contribution >= 4 is 31.6 Å². The highest BCUT2D eigenvalue weighted by atomic mass is 79.9. The molecular weight excluding hydrogens is 318 g/mol. The quantitative estimate of drug-likeness (QED) is 0.886. The van der Waals surface area contributed by atoms with E-state index in [9.17, 15) is 8.42 Å². The molecule has 1 aromatic heterocycles. The van der Waals surface area contributed by atoms with Crippen LogP contribution in [0.1, 0.15) is 5.56 Å². The molecule has 0 aromatic carbocycles. The summed E-state index contributed by atoms with van der Waals surface area (Å²) in [6.45, 7) is 1.76. The lowest BCUT2D eigenvalue weighted by Gasteiger charge is -2.29. The van der Waals surface area contributed by atoms with Gasteiger partial charge in [-0.3, -0.25) is 0 Å². The molecule has 5 nitrogen and oxygen atoms in total. The predicted octanol–water partition coefficient (Wildman–Crippen LogP) is 0.798. The van der Waals surface area contributed by atoms with Crippen LogP contribution in [0.2, 0.25) is 0 Å². The molecule has 7 heteroatoms. The van der Waals surface area contributed by atoms with Crippen LogP contribution in [0, 0.1) is 0 Å². The maximum absolute atomic E-state index is 11.4. The molecule has 1 aliphatic rings. The molecule has 1 N–H and O–H groups in total. The van der Waals surface area contributed by atoms with Crippen LogP contribution in [0.4, 0.5) is 5.82 Å². The summed E-state index contributed by atoms with van der Waals surface area (Å²) >= 11 is 3.40. The van der Waals surface area contributed by atoms with Crippen molar-refractivity contribution in [1.82, 2.24) is 10.3 Å². The fourth-order valence-corrected chi connectivity index (χ4v) is 3.58. The minimum absolute atomic E-state index is 0.212. The average molecular weight is 334 g/mol. The number of pyridine rings is 1. The Labute approximate surface area is 116 Å². The van der Waals surface area contributed by atoms with Gasteiger partial charge in [0.05, 0.1) is 11.5 Å². The van der Waals surface area contributed by atoms with Crippen molar-refractivity contribution in [3.63, 3.8) is 0 Å². The lowest BCUT2D eigenvalue weighted by molar-refractivity contribution is 0.586. The summed E-state index contributed by atoms with van der Waals surface area (Å²) in [7, 11) is -0.971. The molecule has 2 rings (SSSR count). The molecule has 0 spiro atoms. The van der Waals surface area contributed by atoms with Crippen molar-refractivity contribution in [2.24, 2.45) is 0 Å². The summed E-state index contributed by atoms with van der Waals surface area (Å²) in [5, 5.41) is 3.10. The Bertz CT molecular complexity index is 519. The first-order valence-electron chi connectivity index (χ1n) is 5.76. The zero-order valence-corrected chi connectivity index (χ0v) is 12.6. The first-order valence-corrected chi connectivity index (χ1v) is 8.38. The van der Waals surface area contributed by atoms with E-state index in [4.69, 9.17) is 0 Å². The van der Waals surface area contributed by atoms with Gasteiger partial charge in [-0.05, 0) is 29.0 Å². The number of anilines is 1. The molecule has 0 unspecified atom stereocenters. The van der Waals surface area contributed by atoms with Gasteiger partial charge in [0.1, 0.15) is 5.82 Å². The summed E-state index contributed by atoms with van der Waals surface area (Å²) in [5.74, 6) is 1.30. The Kier molecular flexibility index (Phi) is 4.24. The number of nitrogens with one attached hydrogen (secondary N) is 1. The first kappa shape index (κ1) is 13.8. The minimum atomic E-state index is -2.85. The monoisotopic (exact) mass is 333 g/mol.